The Bertz CT molecular complexity index is 171. The summed E-state index contributed by atoms with van der Waals surface area (Å²) in [5, 5.41) is 54.6. The third-order valence-electron chi connectivity index (χ3n) is 2.34. The van der Waals surface area contributed by atoms with Crippen molar-refractivity contribution in [1.82, 2.24) is 0 Å². The van der Waals surface area contributed by atoms with Crippen molar-refractivity contribution in [2.75, 3.05) is 6.79 Å². The summed E-state index contributed by atoms with van der Waals surface area (Å²) in [6.07, 6.45) is -9.33. The Balaban J connectivity index is 2.75. The largest absolute Gasteiger partial charge is 0.387 e. The predicted octanol–water partition coefficient (Wildman–Crippen LogP) is -3.86. The zero-order valence-corrected chi connectivity index (χ0v) is 7.26. The molecule has 1 rings (SSSR count). The van der Waals surface area contributed by atoms with Gasteiger partial charge >= 0.3 is 0 Å². The smallest absolute Gasteiger partial charge is 0.144 e. The van der Waals surface area contributed by atoms with Crippen molar-refractivity contribution < 1.29 is 35.4 Å². The molecule has 0 aromatic heterocycles. The molecular weight excluding hydrogens is 196 g/mol. The second kappa shape index (κ2) is 4.49. The highest BCUT2D eigenvalue weighted by molar-refractivity contribution is 4.99. The van der Waals surface area contributed by atoms with Crippen LogP contribution >= 0.6 is 0 Å². The summed E-state index contributed by atoms with van der Waals surface area (Å²) in [5.41, 5.74) is 0. The van der Waals surface area contributed by atoms with Gasteiger partial charge in [0, 0.05) is 0 Å². The standard InChI is InChI=1S/C7H14O7/c8-1-14-7-5(12)3(10)2(9)4(11)6(7)13/h2-13H,1H2. The van der Waals surface area contributed by atoms with E-state index < -0.39 is 43.4 Å². The highest BCUT2D eigenvalue weighted by Crippen LogP contribution is 2.23. The molecule has 0 aromatic rings. The Morgan fingerprint density at radius 2 is 1.07 bits per heavy atom. The molecule has 1 aliphatic rings. The average Bonchev–Trinajstić information content (AvgIpc) is 2.19. The molecule has 0 radical (unpaired) electrons. The lowest BCUT2D eigenvalue weighted by Crippen LogP contribution is -2.64. The van der Waals surface area contributed by atoms with Gasteiger partial charge in [0.15, 0.2) is 0 Å². The minimum absolute atomic E-state index is 0.770. The zero-order chi connectivity index (χ0) is 10.9. The zero-order valence-electron chi connectivity index (χ0n) is 7.26. The first-order valence-corrected chi connectivity index (χ1v) is 4.13. The summed E-state index contributed by atoms with van der Waals surface area (Å²) >= 11 is 0. The maximum atomic E-state index is 9.31. The highest BCUT2D eigenvalue weighted by atomic mass is 16.6. The van der Waals surface area contributed by atoms with Crippen LogP contribution in [-0.4, -0.2) is 74.1 Å². The molecule has 1 saturated carbocycles. The van der Waals surface area contributed by atoms with E-state index in [1.807, 2.05) is 0 Å². The SMILES string of the molecule is OCOC1C(O)C(O)C(O)C(O)C1O. The first-order chi connectivity index (χ1) is 6.50. The fourth-order valence-corrected chi connectivity index (χ4v) is 1.48. The van der Waals surface area contributed by atoms with E-state index in [0.717, 1.165) is 0 Å². The van der Waals surface area contributed by atoms with Crippen molar-refractivity contribution in [2.45, 2.75) is 36.6 Å². The minimum Gasteiger partial charge on any atom is -0.387 e. The van der Waals surface area contributed by atoms with Crippen LogP contribution in [0.25, 0.3) is 0 Å². The highest BCUT2D eigenvalue weighted by Gasteiger charge is 2.48. The number of aliphatic hydroxyl groups excluding tert-OH is 6. The molecule has 6 N–H and O–H groups in total. The molecule has 1 fully saturated rings. The van der Waals surface area contributed by atoms with Gasteiger partial charge in [-0.05, 0) is 0 Å². The Labute approximate surface area is 79.8 Å². The molecular formula is C7H14O7. The number of ether oxygens (including phenoxy) is 1. The van der Waals surface area contributed by atoms with Gasteiger partial charge in [0.25, 0.3) is 0 Å². The second-order valence-corrected chi connectivity index (χ2v) is 3.21. The van der Waals surface area contributed by atoms with E-state index in [1.165, 1.54) is 0 Å². The molecule has 0 spiro atoms. The third kappa shape index (κ3) is 1.89. The average molecular weight is 210 g/mol. The molecule has 0 amide bonds. The Morgan fingerprint density at radius 3 is 1.43 bits per heavy atom. The summed E-state index contributed by atoms with van der Waals surface area (Å²) in [6.45, 7) is -0.770. The molecule has 84 valence electrons. The minimum atomic E-state index is -1.64. The van der Waals surface area contributed by atoms with Gasteiger partial charge in [-0.1, -0.05) is 0 Å². The van der Waals surface area contributed by atoms with Crippen LogP contribution in [0.15, 0.2) is 0 Å². The maximum absolute atomic E-state index is 9.31. The number of hydrogen-bond donors (Lipinski definition) is 6. The van der Waals surface area contributed by atoms with Gasteiger partial charge in [-0.25, -0.2) is 0 Å². The first-order valence-electron chi connectivity index (χ1n) is 4.13. The van der Waals surface area contributed by atoms with E-state index in [4.69, 9.17) is 10.2 Å². The van der Waals surface area contributed by atoms with E-state index in [1.54, 1.807) is 0 Å². The number of aliphatic hydroxyl groups is 6. The van der Waals surface area contributed by atoms with Crippen LogP contribution in [0.2, 0.25) is 0 Å². The summed E-state index contributed by atoms with van der Waals surface area (Å²) < 4.78 is 4.52. The molecule has 0 bridgehead atoms. The molecule has 0 aliphatic heterocycles. The molecule has 14 heavy (non-hydrogen) atoms. The predicted molar refractivity (Wildman–Crippen MR) is 42.0 cm³/mol. The fourth-order valence-electron chi connectivity index (χ4n) is 1.48. The van der Waals surface area contributed by atoms with E-state index in [0.29, 0.717) is 0 Å². The van der Waals surface area contributed by atoms with Gasteiger partial charge in [0.1, 0.15) is 43.4 Å². The molecule has 7 nitrogen and oxygen atoms in total. The van der Waals surface area contributed by atoms with Crippen molar-refractivity contribution in [3.8, 4) is 0 Å². The third-order valence-corrected chi connectivity index (χ3v) is 2.34. The van der Waals surface area contributed by atoms with Gasteiger partial charge in [0.2, 0.25) is 0 Å². The molecule has 7 heteroatoms. The van der Waals surface area contributed by atoms with E-state index in [2.05, 4.69) is 4.74 Å². The molecule has 4 atom stereocenters. The van der Waals surface area contributed by atoms with E-state index >= 15 is 0 Å². The first kappa shape index (κ1) is 11.8. The molecule has 4 unspecified atom stereocenters. The number of rotatable bonds is 2. The van der Waals surface area contributed by atoms with Crippen LogP contribution in [0.4, 0.5) is 0 Å². The molecule has 0 aromatic carbocycles. The van der Waals surface area contributed by atoms with Crippen LogP contribution in [0.1, 0.15) is 0 Å². The second-order valence-electron chi connectivity index (χ2n) is 3.21. The molecule has 0 heterocycles. The summed E-state index contributed by atoms with van der Waals surface area (Å²) in [7, 11) is 0. The van der Waals surface area contributed by atoms with Crippen LogP contribution < -0.4 is 0 Å². The number of hydrogen-bond acceptors (Lipinski definition) is 7. The van der Waals surface area contributed by atoms with Crippen LogP contribution in [-0.2, 0) is 4.74 Å². The van der Waals surface area contributed by atoms with Crippen molar-refractivity contribution in [3.05, 3.63) is 0 Å². The Morgan fingerprint density at radius 1 is 0.714 bits per heavy atom. The quantitative estimate of drug-likeness (QED) is 0.257. The lowest BCUT2D eigenvalue weighted by Gasteiger charge is -2.41. The molecule has 1 aliphatic carbocycles. The van der Waals surface area contributed by atoms with Crippen molar-refractivity contribution in [3.63, 3.8) is 0 Å². The van der Waals surface area contributed by atoms with Crippen molar-refractivity contribution in [1.29, 1.82) is 0 Å². The normalized spacial score (nSPS) is 49.3. The van der Waals surface area contributed by atoms with Crippen molar-refractivity contribution >= 4 is 0 Å². The monoisotopic (exact) mass is 210 g/mol. The Kier molecular flexibility index (Phi) is 3.78. The fraction of sp³-hybridized carbons (Fsp3) is 1.00. The lowest BCUT2D eigenvalue weighted by atomic mass is 9.85. The topological polar surface area (TPSA) is 131 Å². The maximum Gasteiger partial charge on any atom is 0.144 e. The van der Waals surface area contributed by atoms with E-state index in [-0.39, 0.29) is 0 Å². The van der Waals surface area contributed by atoms with Gasteiger partial charge in [0.05, 0.1) is 0 Å². The summed E-state index contributed by atoms with van der Waals surface area (Å²) in [6, 6.07) is 0. The molecule has 0 saturated heterocycles. The summed E-state index contributed by atoms with van der Waals surface area (Å²) in [5.74, 6) is 0. The van der Waals surface area contributed by atoms with Crippen LogP contribution in [0.3, 0.4) is 0 Å². The van der Waals surface area contributed by atoms with Gasteiger partial charge in [-0.3, -0.25) is 0 Å². The van der Waals surface area contributed by atoms with Crippen LogP contribution in [0, 0.1) is 0 Å². The van der Waals surface area contributed by atoms with E-state index in [9.17, 15) is 20.4 Å². The van der Waals surface area contributed by atoms with Crippen molar-refractivity contribution in [2.24, 2.45) is 0 Å². The van der Waals surface area contributed by atoms with Gasteiger partial charge < -0.3 is 35.4 Å². The summed E-state index contributed by atoms with van der Waals surface area (Å²) in [4.78, 5) is 0. The Hall–Kier alpha value is -0.280. The van der Waals surface area contributed by atoms with Gasteiger partial charge in [-0.15, -0.1) is 0 Å². The van der Waals surface area contributed by atoms with Gasteiger partial charge in [-0.2, -0.15) is 0 Å². The lowest BCUT2D eigenvalue weighted by molar-refractivity contribution is -0.247. The van der Waals surface area contributed by atoms with Crippen LogP contribution in [0.5, 0.6) is 0 Å².